The number of carboxylic acids is 1. The molecule has 10 nitrogen and oxygen atoms in total. The number of imidazole rings is 1. The second kappa shape index (κ2) is 6.89. The zero-order valence-corrected chi connectivity index (χ0v) is 15.7. The number of anilines is 1. The van der Waals surface area contributed by atoms with Crippen LogP contribution in [0.3, 0.4) is 0 Å². The van der Waals surface area contributed by atoms with E-state index in [0.29, 0.717) is 22.6 Å². The molecule has 3 aromatic heterocycles. The van der Waals surface area contributed by atoms with E-state index in [9.17, 15) is 19.8 Å². The first-order chi connectivity index (χ1) is 13.1. The van der Waals surface area contributed by atoms with Gasteiger partial charge in [0.1, 0.15) is 11.2 Å². The van der Waals surface area contributed by atoms with E-state index in [1.165, 1.54) is 37.7 Å². The van der Waals surface area contributed by atoms with Crippen molar-refractivity contribution >= 4 is 23.3 Å². The van der Waals surface area contributed by atoms with Gasteiger partial charge >= 0.3 is 5.97 Å². The lowest BCUT2D eigenvalue weighted by atomic mass is 10.1. The Hall–Kier alpha value is -3.53. The Labute approximate surface area is 159 Å². The second-order valence-corrected chi connectivity index (χ2v) is 6.64. The number of carbonyl (C=O) groups excluding carboxylic acids is 1. The average molecular weight is 385 g/mol. The van der Waals surface area contributed by atoms with Crippen LogP contribution in [-0.4, -0.2) is 54.4 Å². The van der Waals surface area contributed by atoms with Crippen LogP contribution in [0.15, 0.2) is 24.4 Å². The van der Waals surface area contributed by atoms with Crippen molar-refractivity contribution in [2.75, 3.05) is 12.4 Å². The number of ether oxygens (including phenoxy) is 1. The lowest BCUT2D eigenvalue weighted by molar-refractivity contribution is -0.130. The van der Waals surface area contributed by atoms with E-state index in [2.05, 4.69) is 20.4 Å². The van der Waals surface area contributed by atoms with Crippen LogP contribution < -0.4 is 10.1 Å². The van der Waals surface area contributed by atoms with Crippen LogP contribution in [0.1, 0.15) is 29.9 Å². The van der Waals surface area contributed by atoms with Gasteiger partial charge in [0.2, 0.25) is 5.88 Å². The number of nitrogens with one attached hydrogen (secondary N) is 1. The molecule has 0 saturated heterocycles. The highest BCUT2D eigenvalue weighted by Gasteiger charge is 2.24. The molecule has 0 spiro atoms. The van der Waals surface area contributed by atoms with E-state index in [1.807, 2.05) is 0 Å². The van der Waals surface area contributed by atoms with Crippen molar-refractivity contribution in [2.45, 2.75) is 26.4 Å². The summed E-state index contributed by atoms with van der Waals surface area (Å²) in [5, 5.41) is 26.0. The number of methoxy groups -OCH3 is 1. The Balaban J connectivity index is 2.02. The minimum Gasteiger partial charge on any atom is -0.480 e. The van der Waals surface area contributed by atoms with Crippen molar-refractivity contribution < 1.29 is 24.5 Å². The number of aliphatic hydroxyl groups is 1. The summed E-state index contributed by atoms with van der Waals surface area (Å²) in [6.45, 7) is 4.46. The second-order valence-electron chi connectivity index (χ2n) is 6.64. The quantitative estimate of drug-likeness (QED) is 0.601. The zero-order chi connectivity index (χ0) is 20.6. The van der Waals surface area contributed by atoms with Crippen molar-refractivity contribution in [3.63, 3.8) is 0 Å². The van der Waals surface area contributed by atoms with Gasteiger partial charge in [0.05, 0.1) is 24.7 Å². The fourth-order valence-corrected chi connectivity index (χ4v) is 2.51. The summed E-state index contributed by atoms with van der Waals surface area (Å²) in [5.74, 6) is -1.51. The Bertz CT molecular complexity index is 1080. The van der Waals surface area contributed by atoms with Crippen molar-refractivity contribution in [1.82, 2.24) is 19.6 Å². The lowest BCUT2D eigenvalue weighted by Crippen LogP contribution is -2.36. The molecule has 3 rings (SSSR count). The molecule has 0 saturated carbocycles. The molecular formula is C18H19N5O5. The summed E-state index contributed by atoms with van der Waals surface area (Å²) >= 11 is 0. The first kappa shape index (κ1) is 19.2. The minimum atomic E-state index is -1.55. The van der Waals surface area contributed by atoms with Gasteiger partial charge < -0.3 is 20.3 Å². The van der Waals surface area contributed by atoms with E-state index in [1.54, 1.807) is 19.1 Å². The maximum atomic E-state index is 11.9. The van der Waals surface area contributed by atoms with Gasteiger partial charge in [-0.05, 0) is 39.0 Å². The standard InChI is InChI=1S/C18H19N5O5/c1-9-10(7-11(16(24)25)15(19-9)28-4)12-5-6-14-20-13(8-23(14)22-12)21-17(26)18(2,3)27/h5-8,27H,1-4H3,(H,21,26)(H,24,25). The molecule has 0 aliphatic carbocycles. The molecule has 3 N–H and O–H groups in total. The van der Waals surface area contributed by atoms with Gasteiger partial charge in [-0.2, -0.15) is 5.10 Å². The van der Waals surface area contributed by atoms with Gasteiger partial charge in [-0.15, -0.1) is 0 Å². The predicted molar refractivity (Wildman–Crippen MR) is 99.4 cm³/mol. The first-order valence-corrected chi connectivity index (χ1v) is 8.29. The Kier molecular flexibility index (Phi) is 4.73. The van der Waals surface area contributed by atoms with Gasteiger partial charge in [0, 0.05) is 5.56 Å². The molecule has 0 bridgehead atoms. The molecule has 0 aromatic carbocycles. The Morgan fingerprint density at radius 1 is 1.25 bits per heavy atom. The Morgan fingerprint density at radius 3 is 2.57 bits per heavy atom. The van der Waals surface area contributed by atoms with Crippen LogP contribution in [0.5, 0.6) is 5.88 Å². The molecule has 28 heavy (non-hydrogen) atoms. The molecule has 0 atom stereocenters. The maximum Gasteiger partial charge on any atom is 0.341 e. The summed E-state index contributed by atoms with van der Waals surface area (Å²) in [7, 11) is 1.35. The molecular weight excluding hydrogens is 366 g/mol. The molecule has 3 heterocycles. The lowest BCUT2D eigenvalue weighted by Gasteiger charge is -2.14. The molecule has 10 heteroatoms. The van der Waals surface area contributed by atoms with Crippen LogP contribution in [0.25, 0.3) is 16.9 Å². The summed E-state index contributed by atoms with van der Waals surface area (Å²) in [6, 6.07) is 4.80. The third-order valence-corrected chi connectivity index (χ3v) is 4.00. The maximum absolute atomic E-state index is 11.9. The summed E-state index contributed by atoms with van der Waals surface area (Å²) < 4.78 is 6.47. The largest absolute Gasteiger partial charge is 0.480 e. The average Bonchev–Trinajstić information content (AvgIpc) is 3.01. The van der Waals surface area contributed by atoms with Crippen molar-refractivity contribution in [3.8, 4) is 17.1 Å². The number of pyridine rings is 1. The van der Waals surface area contributed by atoms with Gasteiger partial charge in [-0.3, -0.25) is 4.79 Å². The van der Waals surface area contributed by atoms with E-state index in [-0.39, 0.29) is 17.3 Å². The number of fused-ring (bicyclic) bond motifs is 1. The van der Waals surface area contributed by atoms with Crippen molar-refractivity contribution in [3.05, 3.63) is 35.7 Å². The molecule has 0 radical (unpaired) electrons. The number of rotatable bonds is 5. The summed E-state index contributed by atoms with van der Waals surface area (Å²) in [4.78, 5) is 31.8. The number of aryl methyl sites for hydroxylation is 1. The van der Waals surface area contributed by atoms with Crippen LogP contribution in [0.4, 0.5) is 5.82 Å². The fourth-order valence-electron chi connectivity index (χ4n) is 2.51. The molecule has 1 amide bonds. The molecule has 0 fully saturated rings. The number of aromatic carboxylic acids is 1. The molecule has 0 unspecified atom stereocenters. The van der Waals surface area contributed by atoms with Gasteiger partial charge in [0.15, 0.2) is 11.5 Å². The molecule has 3 aromatic rings. The smallest absolute Gasteiger partial charge is 0.341 e. The van der Waals surface area contributed by atoms with Crippen LogP contribution in [0, 0.1) is 6.92 Å². The molecule has 0 aliphatic rings. The van der Waals surface area contributed by atoms with Crippen LogP contribution >= 0.6 is 0 Å². The SMILES string of the molecule is COc1nc(C)c(-c2ccc3nc(NC(=O)C(C)(C)O)cn3n2)cc1C(=O)O. The van der Waals surface area contributed by atoms with Gasteiger partial charge in [0.25, 0.3) is 5.91 Å². The highest BCUT2D eigenvalue weighted by atomic mass is 16.5. The van der Waals surface area contributed by atoms with E-state index in [4.69, 9.17) is 4.74 Å². The number of aromatic nitrogens is 4. The highest BCUT2D eigenvalue weighted by Crippen LogP contribution is 2.27. The molecule has 0 aliphatic heterocycles. The van der Waals surface area contributed by atoms with Gasteiger partial charge in [-0.1, -0.05) is 0 Å². The van der Waals surface area contributed by atoms with Crippen molar-refractivity contribution in [2.24, 2.45) is 0 Å². The van der Waals surface area contributed by atoms with Crippen LogP contribution in [-0.2, 0) is 4.79 Å². The number of hydrogen-bond acceptors (Lipinski definition) is 7. The normalized spacial score (nSPS) is 11.5. The zero-order valence-electron chi connectivity index (χ0n) is 15.7. The Morgan fingerprint density at radius 2 is 1.96 bits per heavy atom. The number of nitrogens with zero attached hydrogens (tertiary/aromatic N) is 4. The molecule has 146 valence electrons. The minimum absolute atomic E-state index is 0.0223. The van der Waals surface area contributed by atoms with Gasteiger partial charge in [-0.25, -0.2) is 19.3 Å². The summed E-state index contributed by atoms with van der Waals surface area (Å²) in [5.41, 5.74) is 0.384. The van der Waals surface area contributed by atoms with E-state index < -0.39 is 17.5 Å². The number of carboxylic acid groups (broad SMARTS) is 1. The third kappa shape index (κ3) is 3.62. The highest BCUT2D eigenvalue weighted by molar-refractivity contribution is 5.96. The van der Waals surface area contributed by atoms with E-state index >= 15 is 0 Å². The number of hydrogen-bond donors (Lipinski definition) is 3. The first-order valence-electron chi connectivity index (χ1n) is 8.29. The van der Waals surface area contributed by atoms with E-state index in [0.717, 1.165) is 0 Å². The topological polar surface area (TPSA) is 139 Å². The third-order valence-electron chi connectivity index (χ3n) is 4.00. The summed E-state index contributed by atoms with van der Waals surface area (Å²) in [6.07, 6.45) is 1.49. The fraction of sp³-hybridized carbons (Fsp3) is 0.278. The number of carbonyl (C=O) groups is 2. The monoisotopic (exact) mass is 385 g/mol. The van der Waals surface area contributed by atoms with Crippen LogP contribution in [0.2, 0.25) is 0 Å². The predicted octanol–water partition coefficient (Wildman–Crippen LogP) is 1.52. The van der Waals surface area contributed by atoms with Crippen molar-refractivity contribution in [1.29, 1.82) is 0 Å². The number of amides is 1.